The van der Waals surface area contributed by atoms with Crippen LogP contribution in [0.4, 0.5) is 0 Å². The molecule has 0 aromatic carbocycles. The quantitative estimate of drug-likeness (QED) is 0.724. The molecule has 5 heteroatoms. The third-order valence-electron chi connectivity index (χ3n) is 2.49. The van der Waals surface area contributed by atoms with Crippen molar-refractivity contribution >= 4 is 11.9 Å². The highest BCUT2D eigenvalue weighted by molar-refractivity contribution is 5.74. The molecule has 86 valence electrons. The van der Waals surface area contributed by atoms with Crippen LogP contribution in [0.2, 0.25) is 0 Å². The van der Waals surface area contributed by atoms with Crippen LogP contribution in [0.3, 0.4) is 0 Å². The van der Waals surface area contributed by atoms with E-state index < -0.39 is 5.97 Å². The van der Waals surface area contributed by atoms with E-state index in [1.54, 1.807) is 4.90 Å². The SMILES string of the molecule is CC(=O)N(CCC(=O)O)CC1CCCO1. The van der Waals surface area contributed by atoms with Gasteiger partial charge in [0.15, 0.2) is 0 Å². The molecule has 1 N–H and O–H groups in total. The number of nitrogens with zero attached hydrogens (tertiary/aromatic N) is 1. The molecule has 0 aliphatic carbocycles. The maximum absolute atomic E-state index is 11.2. The Morgan fingerprint density at radius 2 is 2.27 bits per heavy atom. The summed E-state index contributed by atoms with van der Waals surface area (Å²) in [7, 11) is 0. The lowest BCUT2D eigenvalue weighted by Crippen LogP contribution is -2.37. The molecule has 1 heterocycles. The summed E-state index contributed by atoms with van der Waals surface area (Å²) in [6.07, 6.45) is 2.06. The molecule has 1 aliphatic rings. The van der Waals surface area contributed by atoms with Gasteiger partial charge in [-0.1, -0.05) is 0 Å². The Hall–Kier alpha value is -1.10. The van der Waals surface area contributed by atoms with Gasteiger partial charge in [0.25, 0.3) is 0 Å². The lowest BCUT2D eigenvalue weighted by Gasteiger charge is -2.23. The molecule has 5 nitrogen and oxygen atoms in total. The molecule has 1 amide bonds. The van der Waals surface area contributed by atoms with Gasteiger partial charge < -0.3 is 14.7 Å². The second kappa shape index (κ2) is 5.70. The van der Waals surface area contributed by atoms with Gasteiger partial charge in [0, 0.05) is 26.6 Å². The summed E-state index contributed by atoms with van der Waals surface area (Å²) in [5, 5.41) is 8.54. The third kappa shape index (κ3) is 4.29. The second-order valence-corrected chi connectivity index (χ2v) is 3.74. The lowest BCUT2D eigenvalue weighted by molar-refractivity contribution is -0.138. The molecule has 0 spiro atoms. The Morgan fingerprint density at radius 1 is 1.53 bits per heavy atom. The molecule has 1 atom stereocenters. The maximum atomic E-state index is 11.2. The predicted molar refractivity (Wildman–Crippen MR) is 53.5 cm³/mol. The summed E-state index contributed by atoms with van der Waals surface area (Å²) in [5.41, 5.74) is 0. The Bertz CT molecular complexity index is 236. The lowest BCUT2D eigenvalue weighted by atomic mass is 10.2. The van der Waals surface area contributed by atoms with Crippen LogP contribution in [-0.4, -0.2) is 47.7 Å². The van der Waals surface area contributed by atoms with E-state index in [0.717, 1.165) is 19.4 Å². The molecule has 1 fully saturated rings. The smallest absolute Gasteiger partial charge is 0.305 e. The highest BCUT2D eigenvalue weighted by Crippen LogP contribution is 2.13. The summed E-state index contributed by atoms with van der Waals surface area (Å²) >= 11 is 0. The number of carboxylic acids is 1. The summed E-state index contributed by atoms with van der Waals surface area (Å²) in [5.74, 6) is -0.972. The predicted octanol–water partition coefficient (Wildman–Crippen LogP) is 0.489. The van der Waals surface area contributed by atoms with Crippen molar-refractivity contribution in [3.8, 4) is 0 Å². The Balaban J connectivity index is 2.35. The highest BCUT2D eigenvalue weighted by atomic mass is 16.5. The second-order valence-electron chi connectivity index (χ2n) is 3.74. The van der Waals surface area contributed by atoms with Gasteiger partial charge in [-0.3, -0.25) is 9.59 Å². The zero-order valence-corrected chi connectivity index (χ0v) is 8.94. The molecule has 0 bridgehead atoms. The first-order chi connectivity index (χ1) is 7.09. The largest absolute Gasteiger partial charge is 0.481 e. The molecule has 1 saturated heterocycles. The highest BCUT2D eigenvalue weighted by Gasteiger charge is 2.20. The molecule has 0 aromatic rings. The van der Waals surface area contributed by atoms with E-state index in [9.17, 15) is 9.59 Å². The fourth-order valence-corrected chi connectivity index (χ4v) is 1.64. The molecular weight excluding hydrogens is 198 g/mol. The molecular formula is C10H17NO4. The van der Waals surface area contributed by atoms with Crippen LogP contribution in [0.25, 0.3) is 0 Å². The van der Waals surface area contributed by atoms with Crippen molar-refractivity contribution in [3.63, 3.8) is 0 Å². The van der Waals surface area contributed by atoms with Gasteiger partial charge in [0.2, 0.25) is 5.91 Å². The molecule has 0 aromatic heterocycles. The van der Waals surface area contributed by atoms with Crippen molar-refractivity contribution in [1.29, 1.82) is 0 Å². The average Bonchev–Trinajstić information content (AvgIpc) is 2.63. The van der Waals surface area contributed by atoms with Crippen molar-refractivity contribution in [2.24, 2.45) is 0 Å². The summed E-state index contributed by atoms with van der Waals surface area (Å²) in [6, 6.07) is 0. The van der Waals surface area contributed by atoms with E-state index in [0.29, 0.717) is 6.54 Å². The average molecular weight is 215 g/mol. The number of hydrogen-bond donors (Lipinski definition) is 1. The van der Waals surface area contributed by atoms with Gasteiger partial charge in [0.05, 0.1) is 12.5 Å². The van der Waals surface area contributed by atoms with Crippen LogP contribution < -0.4 is 0 Å². The third-order valence-corrected chi connectivity index (χ3v) is 2.49. The number of carboxylic acid groups (broad SMARTS) is 1. The fraction of sp³-hybridized carbons (Fsp3) is 0.800. The number of carbonyl (C=O) groups is 2. The Labute approximate surface area is 89.0 Å². The molecule has 1 aliphatic heterocycles. The van der Waals surface area contributed by atoms with Gasteiger partial charge in [-0.2, -0.15) is 0 Å². The van der Waals surface area contributed by atoms with Crippen LogP contribution >= 0.6 is 0 Å². The maximum Gasteiger partial charge on any atom is 0.305 e. The zero-order chi connectivity index (χ0) is 11.3. The number of aliphatic carboxylic acids is 1. The summed E-state index contributed by atoms with van der Waals surface area (Å²) in [6.45, 7) is 2.99. The number of rotatable bonds is 5. The molecule has 1 unspecified atom stereocenters. The molecule has 0 saturated carbocycles. The summed E-state index contributed by atoms with van der Waals surface area (Å²) < 4.78 is 5.40. The fourth-order valence-electron chi connectivity index (χ4n) is 1.64. The van der Waals surface area contributed by atoms with Crippen molar-refractivity contribution in [2.45, 2.75) is 32.3 Å². The Kier molecular flexibility index (Phi) is 4.55. The topological polar surface area (TPSA) is 66.8 Å². The normalized spacial score (nSPS) is 20.2. The van der Waals surface area contributed by atoms with Crippen LogP contribution in [-0.2, 0) is 14.3 Å². The van der Waals surface area contributed by atoms with Gasteiger partial charge >= 0.3 is 5.97 Å². The van der Waals surface area contributed by atoms with Crippen molar-refractivity contribution in [1.82, 2.24) is 4.90 Å². The summed E-state index contributed by atoms with van der Waals surface area (Å²) in [4.78, 5) is 23.2. The molecule has 1 rings (SSSR count). The van der Waals surface area contributed by atoms with E-state index in [4.69, 9.17) is 9.84 Å². The van der Waals surface area contributed by atoms with Gasteiger partial charge in [-0.05, 0) is 12.8 Å². The van der Waals surface area contributed by atoms with Gasteiger partial charge in [-0.15, -0.1) is 0 Å². The van der Waals surface area contributed by atoms with E-state index in [1.807, 2.05) is 0 Å². The van der Waals surface area contributed by atoms with E-state index >= 15 is 0 Å². The Morgan fingerprint density at radius 3 is 2.73 bits per heavy atom. The van der Waals surface area contributed by atoms with E-state index in [1.165, 1.54) is 6.92 Å². The van der Waals surface area contributed by atoms with Crippen LogP contribution in [0.15, 0.2) is 0 Å². The van der Waals surface area contributed by atoms with E-state index in [-0.39, 0.29) is 25.0 Å². The standard InChI is InChI=1S/C10H17NO4/c1-8(12)11(5-4-10(13)14)7-9-3-2-6-15-9/h9H,2-7H2,1H3,(H,13,14). The van der Waals surface area contributed by atoms with Gasteiger partial charge in [-0.25, -0.2) is 0 Å². The number of carbonyl (C=O) groups excluding carboxylic acids is 1. The minimum absolute atomic E-state index is 0.00764. The van der Waals surface area contributed by atoms with Crippen LogP contribution in [0.1, 0.15) is 26.2 Å². The van der Waals surface area contributed by atoms with Crippen molar-refractivity contribution < 1.29 is 19.4 Å². The molecule has 15 heavy (non-hydrogen) atoms. The number of hydrogen-bond acceptors (Lipinski definition) is 3. The first kappa shape index (κ1) is 12.0. The van der Waals surface area contributed by atoms with Crippen molar-refractivity contribution in [3.05, 3.63) is 0 Å². The number of ether oxygens (including phenoxy) is 1. The molecule has 0 radical (unpaired) electrons. The minimum atomic E-state index is -0.881. The van der Waals surface area contributed by atoms with Crippen LogP contribution in [0, 0.1) is 0 Å². The van der Waals surface area contributed by atoms with Crippen molar-refractivity contribution in [2.75, 3.05) is 19.7 Å². The monoisotopic (exact) mass is 215 g/mol. The first-order valence-electron chi connectivity index (χ1n) is 5.18. The van der Waals surface area contributed by atoms with Gasteiger partial charge in [0.1, 0.15) is 0 Å². The minimum Gasteiger partial charge on any atom is -0.481 e. The first-order valence-corrected chi connectivity index (χ1v) is 5.18. The zero-order valence-electron chi connectivity index (χ0n) is 8.94. The number of amides is 1. The van der Waals surface area contributed by atoms with E-state index in [2.05, 4.69) is 0 Å². The van der Waals surface area contributed by atoms with Crippen LogP contribution in [0.5, 0.6) is 0 Å².